The fourth-order valence-electron chi connectivity index (χ4n) is 4.02. The van der Waals surface area contributed by atoms with Gasteiger partial charge in [-0.2, -0.15) is 0 Å². The number of sulfonamides is 1. The van der Waals surface area contributed by atoms with Crippen LogP contribution in [0.5, 0.6) is 0 Å². The molecule has 34 heavy (non-hydrogen) atoms. The molecule has 0 bridgehead atoms. The first kappa shape index (κ1) is 22.2. The van der Waals surface area contributed by atoms with Gasteiger partial charge in [-0.25, -0.2) is 17.8 Å². The largest absolute Gasteiger partial charge is 0.331 e. The second-order valence-electron chi connectivity index (χ2n) is 7.90. The Morgan fingerprint density at radius 1 is 1.21 bits per heavy atom. The molecule has 0 saturated heterocycles. The number of aromatic nitrogens is 2. The summed E-state index contributed by atoms with van der Waals surface area (Å²) in [5.41, 5.74) is 4.50. The zero-order valence-electron chi connectivity index (χ0n) is 18.3. The van der Waals surface area contributed by atoms with E-state index in [1.54, 1.807) is 29.3 Å². The van der Waals surface area contributed by atoms with Gasteiger partial charge in [-0.3, -0.25) is 10.1 Å². The lowest BCUT2D eigenvalue weighted by molar-refractivity contribution is -0.112. The lowest BCUT2D eigenvalue weighted by atomic mass is 10.1. The molecule has 1 N–H and O–H groups in total. The van der Waals surface area contributed by atoms with Crippen molar-refractivity contribution in [3.8, 4) is 16.9 Å². The molecule has 0 atom stereocenters. The van der Waals surface area contributed by atoms with Crippen LogP contribution >= 0.6 is 11.3 Å². The second kappa shape index (κ2) is 8.33. The van der Waals surface area contributed by atoms with Crippen LogP contribution in [0.15, 0.2) is 64.0 Å². The number of nitrogens with one attached hydrogen (secondary N) is 1. The fraction of sp³-hybridized carbons (Fsp3) is 0.174. The molecule has 2 aromatic heterocycles. The highest BCUT2D eigenvalue weighted by Gasteiger charge is 2.30. The highest BCUT2D eigenvalue weighted by Crippen LogP contribution is 2.32. The van der Waals surface area contributed by atoms with Crippen LogP contribution in [-0.2, 0) is 14.8 Å². The van der Waals surface area contributed by atoms with Crippen LogP contribution in [0.4, 0.5) is 9.52 Å². The van der Waals surface area contributed by atoms with Crippen molar-refractivity contribution >= 4 is 38.2 Å². The third-order valence-electron chi connectivity index (χ3n) is 5.62. The minimum absolute atomic E-state index is 0.0953. The Bertz CT molecular complexity index is 1500. The molecular weight excluding hydrogens is 477 g/mol. The van der Waals surface area contributed by atoms with Crippen LogP contribution in [0.25, 0.3) is 16.9 Å². The molecule has 11 heteroatoms. The van der Waals surface area contributed by atoms with E-state index in [0.717, 1.165) is 22.6 Å². The molecule has 4 heterocycles. The second-order valence-corrected chi connectivity index (χ2v) is 10.5. The molecule has 0 aliphatic carbocycles. The van der Waals surface area contributed by atoms with Gasteiger partial charge in [0, 0.05) is 40.8 Å². The van der Waals surface area contributed by atoms with Gasteiger partial charge in [0.2, 0.25) is 0 Å². The maximum Gasteiger partial charge on any atom is 0.261 e. The lowest BCUT2D eigenvalue weighted by Gasteiger charge is -2.28. The monoisotopic (exact) mass is 497 g/mol. The van der Waals surface area contributed by atoms with Crippen LogP contribution in [0.1, 0.15) is 11.4 Å². The Labute approximate surface area is 199 Å². The van der Waals surface area contributed by atoms with Crippen molar-refractivity contribution in [2.75, 3.05) is 17.6 Å². The molecule has 0 fully saturated rings. The summed E-state index contributed by atoms with van der Waals surface area (Å²) in [5, 5.41) is 4.98. The summed E-state index contributed by atoms with van der Waals surface area (Å²) in [5.74, 6) is -0.759. The first-order valence-corrected chi connectivity index (χ1v) is 12.9. The predicted molar refractivity (Wildman–Crippen MR) is 130 cm³/mol. The molecule has 0 unspecified atom stereocenters. The topological polar surface area (TPSA) is 96.7 Å². The number of amides is 1. The molecule has 0 spiro atoms. The quantitative estimate of drug-likeness (QED) is 0.592. The zero-order valence-corrected chi connectivity index (χ0v) is 20.0. The molecule has 0 radical (unpaired) electrons. The molecule has 0 saturated carbocycles. The number of fused-ring (bicyclic) bond motifs is 1. The van der Waals surface area contributed by atoms with E-state index in [1.807, 2.05) is 29.9 Å². The van der Waals surface area contributed by atoms with Gasteiger partial charge >= 0.3 is 0 Å². The summed E-state index contributed by atoms with van der Waals surface area (Å²) >= 11 is 1.27. The predicted octanol–water partition coefficient (Wildman–Crippen LogP) is 3.79. The molecule has 1 aromatic carbocycles. The van der Waals surface area contributed by atoms with E-state index >= 15 is 0 Å². The van der Waals surface area contributed by atoms with Crippen molar-refractivity contribution in [1.29, 1.82) is 0 Å². The summed E-state index contributed by atoms with van der Waals surface area (Å²) in [6.45, 7) is 4.16. The van der Waals surface area contributed by atoms with E-state index < -0.39 is 15.9 Å². The Balaban J connectivity index is 1.40. The van der Waals surface area contributed by atoms with Crippen molar-refractivity contribution in [3.63, 3.8) is 0 Å². The molecule has 3 aromatic rings. The van der Waals surface area contributed by atoms with Crippen LogP contribution in [0.3, 0.4) is 0 Å². The van der Waals surface area contributed by atoms with Gasteiger partial charge in [-0.05, 0) is 56.3 Å². The first-order valence-electron chi connectivity index (χ1n) is 10.4. The van der Waals surface area contributed by atoms with Crippen LogP contribution < -0.4 is 5.32 Å². The first-order chi connectivity index (χ1) is 16.2. The third-order valence-corrected chi connectivity index (χ3v) is 7.53. The number of thiazole rings is 1. The number of carbonyl (C=O) groups is 1. The average Bonchev–Trinajstić information content (AvgIpc) is 3.37. The molecule has 1 amide bonds. The van der Waals surface area contributed by atoms with Gasteiger partial charge < -0.3 is 9.47 Å². The number of rotatable bonds is 4. The van der Waals surface area contributed by atoms with Crippen molar-refractivity contribution < 1.29 is 17.6 Å². The normalized spacial score (nSPS) is 16.6. The highest BCUT2D eigenvalue weighted by atomic mass is 32.2. The Morgan fingerprint density at radius 2 is 1.97 bits per heavy atom. The Hall–Kier alpha value is -3.57. The zero-order chi connectivity index (χ0) is 24.0. The molecule has 5 rings (SSSR count). The van der Waals surface area contributed by atoms with E-state index in [4.69, 9.17) is 0 Å². The molecule has 2 aliphatic heterocycles. The van der Waals surface area contributed by atoms with Crippen LogP contribution in [0.2, 0.25) is 0 Å². The summed E-state index contributed by atoms with van der Waals surface area (Å²) in [4.78, 5) is 19.1. The van der Waals surface area contributed by atoms with Gasteiger partial charge in [0.05, 0.1) is 17.0 Å². The third kappa shape index (κ3) is 4.08. The van der Waals surface area contributed by atoms with Gasteiger partial charge in [-0.15, -0.1) is 15.7 Å². The summed E-state index contributed by atoms with van der Waals surface area (Å²) < 4.78 is 43.0. The number of allylic oxidation sites excluding steroid dienone is 2. The van der Waals surface area contributed by atoms with Gasteiger partial charge in [0.1, 0.15) is 5.82 Å². The van der Waals surface area contributed by atoms with Crippen molar-refractivity contribution in [1.82, 2.24) is 14.5 Å². The van der Waals surface area contributed by atoms with Gasteiger partial charge in [0.25, 0.3) is 15.9 Å². The number of hydrogen-bond donors (Lipinski definition) is 1. The fourth-order valence-corrected chi connectivity index (χ4v) is 5.71. The molecule has 8 nitrogen and oxygen atoms in total. The number of amidine groups is 1. The van der Waals surface area contributed by atoms with Crippen molar-refractivity contribution in [2.45, 2.75) is 13.8 Å². The van der Waals surface area contributed by atoms with Crippen molar-refractivity contribution in [3.05, 3.63) is 76.8 Å². The maximum absolute atomic E-state index is 13.3. The summed E-state index contributed by atoms with van der Waals surface area (Å²) in [7, 11) is -3.60. The number of hydrogen-bond acceptors (Lipinski definition) is 6. The van der Waals surface area contributed by atoms with Gasteiger partial charge in [0.15, 0.2) is 11.0 Å². The van der Waals surface area contributed by atoms with Crippen LogP contribution in [0, 0.1) is 19.7 Å². The molecular formula is C23H20FN5O3S2. The average molecular weight is 498 g/mol. The smallest absolute Gasteiger partial charge is 0.261 e. The van der Waals surface area contributed by atoms with Crippen LogP contribution in [-0.4, -0.2) is 46.9 Å². The number of aryl methyl sites for hydroxylation is 1. The van der Waals surface area contributed by atoms with Gasteiger partial charge in [-0.1, -0.05) is 0 Å². The summed E-state index contributed by atoms with van der Waals surface area (Å²) in [6, 6.07) is 8.27. The Kier molecular flexibility index (Phi) is 5.45. The maximum atomic E-state index is 13.3. The van der Waals surface area contributed by atoms with E-state index in [9.17, 15) is 17.6 Å². The number of nitrogens with zero attached hydrogens (tertiary/aromatic N) is 4. The highest BCUT2D eigenvalue weighted by molar-refractivity contribution is 7.90. The standard InChI is InChI=1S/C23H20FN5O3S2/c1-14-12-19(15(2)29(14)17-7-5-16(24)6-8-17)20-13-33-23(25-20)26-22(30)18-4-3-9-28-10-11-34(31,32)27-21(18)28/h3-9,12-13H,10-11H2,1-2H3,(H,25,26,30). The number of halogens is 1. The number of benzene rings is 1. The molecule has 174 valence electrons. The lowest BCUT2D eigenvalue weighted by Crippen LogP contribution is -2.40. The number of carbonyl (C=O) groups excluding carboxylic acids is 1. The SMILES string of the molecule is Cc1cc(-c2csc(NC(=O)C3=CC=CN4CCS(=O)(=O)N=C34)n2)c(C)n1-c1ccc(F)cc1. The molecule has 2 aliphatic rings. The number of anilines is 1. The minimum Gasteiger partial charge on any atom is -0.331 e. The minimum atomic E-state index is -3.60. The summed E-state index contributed by atoms with van der Waals surface area (Å²) in [6.07, 6.45) is 4.92. The van der Waals surface area contributed by atoms with E-state index in [-0.39, 0.29) is 29.5 Å². The van der Waals surface area contributed by atoms with E-state index in [1.165, 1.54) is 29.5 Å². The van der Waals surface area contributed by atoms with Crippen molar-refractivity contribution in [2.24, 2.45) is 4.40 Å². The van der Waals surface area contributed by atoms with E-state index in [0.29, 0.717) is 10.8 Å². The Morgan fingerprint density at radius 3 is 2.74 bits per heavy atom. The van der Waals surface area contributed by atoms with E-state index in [2.05, 4.69) is 14.7 Å².